The molecule has 25 heavy (non-hydrogen) atoms. The summed E-state index contributed by atoms with van der Waals surface area (Å²) in [6, 6.07) is 9.68. The summed E-state index contributed by atoms with van der Waals surface area (Å²) in [7, 11) is -3.00. The van der Waals surface area contributed by atoms with Crippen molar-refractivity contribution in [2.75, 3.05) is 16.8 Å². The van der Waals surface area contributed by atoms with Crippen LogP contribution in [0, 0.1) is 13.8 Å². The molecule has 0 bridgehead atoms. The number of anilines is 1. The predicted octanol–water partition coefficient (Wildman–Crippen LogP) is 3.28. The zero-order valence-electron chi connectivity index (χ0n) is 14.4. The Morgan fingerprint density at radius 2 is 2.16 bits per heavy atom. The molecular formula is C18H22N2O3S2. The fourth-order valence-corrected chi connectivity index (χ4v) is 5.07. The second kappa shape index (κ2) is 7.17. The topological polar surface area (TPSA) is 62.6 Å². The standard InChI is InChI=1S/C18H22N2O3S2/c1-13-5-6-14(2)17(10-13)19-18(24)20(11-16-4-3-8-23-16)15-7-9-25(21,22)12-15/h3-6,8,10,15H,7,9,11-12H2,1-2H3,(H,19,24)/t15-/m1/s1. The molecule has 0 spiro atoms. The fraction of sp³-hybridized carbons (Fsp3) is 0.389. The zero-order chi connectivity index (χ0) is 18.0. The molecule has 1 aromatic heterocycles. The average Bonchev–Trinajstić information content (AvgIpc) is 3.17. The van der Waals surface area contributed by atoms with E-state index in [1.807, 2.05) is 49.1 Å². The number of benzene rings is 1. The van der Waals surface area contributed by atoms with Crippen molar-refractivity contribution in [3.05, 3.63) is 53.5 Å². The summed E-state index contributed by atoms with van der Waals surface area (Å²) in [5.74, 6) is 1.09. The van der Waals surface area contributed by atoms with Crippen molar-refractivity contribution in [3.8, 4) is 0 Å². The number of hydrogen-bond donors (Lipinski definition) is 1. The van der Waals surface area contributed by atoms with Crippen LogP contribution in [0.4, 0.5) is 5.69 Å². The quantitative estimate of drug-likeness (QED) is 0.824. The minimum atomic E-state index is -3.00. The summed E-state index contributed by atoms with van der Waals surface area (Å²) in [5.41, 5.74) is 3.16. The van der Waals surface area contributed by atoms with Crippen LogP contribution >= 0.6 is 12.2 Å². The Labute approximate surface area is 153 Å². The molecule has 0 aliphatic carbocycles. The minimum absolute atomic E-state index is 0.127. The van der Waals surface area contributed by atoms with Crippen LogP contribution in [0.2, 0.25) is 0 Å². The molecule has 0 saturated carbocycles. The Hall–Kier alpha value is -1.86. The lowest BCUT2D eigenvalue weighted by molar-refractivity contribution is 0.302. The van der Waals surface area contributed by atoms with Gasteiger partial charge in [-0.15, -0.1) is 0 Å². The largest absolute Gasteiger partial charge is 0.467 e. The Morgan fingerprint density at radius 1 is 1.36 bits per heavy atom. The summed E-state index contributed by atoms with van der Waals surface area (Å²) in [4.78, 5) is 1.93. The van der Waals surface area contributed by atoms with Crippen LogP contribution in [0.25, 0.3) is 0 Å². The lowest BCUT2D eigenvalue weighted by atomic mass is 10.1. The Kier molecular flexibility index (Phi) is 5.15. The number of thiocarbonyl (C=S) groups is 1. The molecule has 1 fully saturated rings. The fourth-order valence-electron chi connectivity index (χ4n) is 3.02. The van der Waals surface area contributed by atoms with Gasteiger partial charge in [0.2, 0.25) is 0 Å². The van der Waals surface area contributed by atoms with Crippen LogP contribution in [-0.2, 0) is 16.4 Å². The van der Waals surface area contributed by atoms with Crippen molar-refractivity contribution in [1.29, 1.82) is 0 Å². The van der Waals surface area contributed by atoms with Crippen molar-refractivity contribution in [2.45, 2.75) is 32.9 Å². The molecular weight excluding hydrogens is 356 g/mol. The van der Waals surface area contributed by atoms with Crippen molar-refractivity contribution in [3.63, 3.8) is 0 Å². The summed E-state index contributed by atoms with van der Waals surface area (Å²) in [6.45, 7) is 4.49. The van der Waals surface area contributed by atoms with E-state index in [0.29, 0.717) is 18.1 Å². The third-order valence-corrected chi connectivity index (χ3v) is 6.54. The van der Waals surface area contributed by atoms with Gasteiger partial charge in [-0.05, 0) is 61.8 Å². The van der Waals surface area contributed by atoms with E-state index >= 15 is 0 Å². The van der Waals surface area contributed by atoms with Crippen molar-refractivity contribution >= 4 is 32.9 Å². The first-order valence-electron chi connectivity index (χ1n) is 8.22. The lowest BCUT2D eigenvalue weighted by Gasteiger charge is -2.30. The summed E-state index contributed by atoms with van der Waals surface area (Å²) < 4.78 is 29.3. The van der Waals surface area contributed by atoms with Gasteiger partial charge in [0.05, 0.1) is 24.3 Å². The van der Waals surface area contributed by atoms with Gasteiger partial charge >= 0.3 is 0 Å². The summed E-state index contributed by atoms with van der Waals surface area (Å²) in [6.07, 6.45) is 2.19. The van der Waals surface area contributed by atoms with Gasteiger partial charge in [-0.3, -0.25) is 0 Å². The van der Waals surface area contributed by atoms with Gasteiger partial charge in [-0.25, -0.2) is 8.42 Å². The zero-order valence-corrected chi connectivity index (χ0v) is 16.0. The van der Waals surface area contributed by atoms with Crippen molar-refractivity contribution < 1.29 is 12.8 Å². The van der Waals surface area contributed by atoms with Gasteiger partial charge in [-0.2, -0.15) is 0 Å². The number of hydrogen-bond acceptors (Lipinski definition) is 4. The van der Waals surface area contributed by atoms with Crippen LogP contribution in [-0.4, -0.2) is 36.0 Å². The second-order valence-corrected chi connectivity index (χ2v) is 9.13. The van der Waals surface area contributed by atoms with E-state index in [-0.39, 0.29) is 17.5 Å². The first-order chi connectivity index (χ1) is 11.8. The monoisotopic (exact) mass is 378 g/mol. The molecule has 1 saturated heterocycles. The molecule has 0 radical (unpaired) electrons. The van der Waals surface area contributed by atoms with E-state index in [1.165, 1.54) is 0 Å². The third kappa shape index (κ3) is 4.41. The maximum atomic E-state index is 11.9. The van der Waals surface area contributed by atoms with Crippen LogP contribution < -0.4 is 5.32 Å². The Morgan fingerprint density at radius 3 is 2.80 bits per heavy atom. The molecule has 3 rings (SSSR count). The molecule has 2 aromatic rings. The normalized spacial score (nSPS) is 18.9. The van der Waals surface area contributed by atoms with Gasteiger partial charge < -0.3 is 14.6 Å². The second-order valence-electron chi connectivity index (χ2n) is 6.51. The highest BCUT2D eigenvalue weighted by molar-refractivity contribution is 7.91. The van der Waals surface area contributed by atoms with Crippen molar-refractivity contribution in [2.24, 2.45) is 0 Å². The molecule has 1 aromatic carbocycles. The van der Waals surface area contributed by atoms with E-state index in [2.05, 4.69) is 5.32 Å². The van der Waals surface area contributed by atoms with Crippen LogP contribution in [0.3, 0.4) is 0 Å². The number of sulfone groups is 1. The average molecular weight is 379 g/mol. The highest BCUT2D eigenvalue weighted by Gasteiger charge is 2.34. The highest BCUT2D eigenvalue weighted by Crippen LogP contribution is 2.23. The van der Waals surface area contributed by atoms with E-state index in [4.69, 9.17) is 16.6 Å². The Balaban J connectivity index is 1.82. The van der Waals surface area contributed by atoms with Crippen molar-refractivity contribution in [1.82, 2.24) is 4.90 Å². The van der Waals surface area contributed by atoms with E-state index in [9.17, 15) is 8.42 Å². The maximum absolute atomic E-state index is 11.9. The third-order valence-electron chi connectivity index (χ3n) is 4.45. The SMILES string of the molecule is Cc1ccc(C)c(NC(=S)N(Cc2ccco2)[C@@H]2CCS(=O)(=O)C2)c1. The lowest BCUT2D eigenvalue weighted by Crippen LogP contribution is -2.43. The molecule has 7 heteroatoms. The van der Waals surface area contributed by atoms with Crippen LogP contribution in [0.5, 0.6) is 0 Å². The molecule has 1 atom stereocenters. The molecule has 1 N–H and O–H groups in total. The number of nitrogens with one attached hydrogen (secondary N) is 1. The number of aryl methyl sites for hydroxylation is 2. The number of furan rings is 1. The van der Waals surface area contributed by atoms with Gasteiger partial charge in [0, 0.05) is 11.7 Å². The van der Waals surface area contributed by atoms with Gasteiger partial charge in [-0.1, -0.05) is 12.1 Å². The molecule has 1 aliphatic rings. The number of nitrogens with zero attached hydrogens (tertiary/aromatic N) is 1. The first kappa shape index (κ1) is 17.9. The van der Waals surface area contributed by atoms with Gasteiger partial charge in [0.1, 0.15) is 5.76 Å². The van der Waals surface area contributed by atoms with Gasteiger partial charge in [0.15, 0.2) is 14.9 Å². The summed E-state index contributed by atoms with van der Waals surface area (Å²) in [5, 5.41) is 3.81. The molecule has 2 heterocycles. The summed E-state index contributed by atoms with van der Waals surface area (Å²) >= 11 is 5.62. The predicted molar refractivity (Wildman–Crippen MR) is 103 cm³/mol. The smallest absolute Gasteiger partial charge is 0.174 e. The van der Waals surface area contributed by atoms with E-state index < -0.39 is 9.84 Å². The number of rotatable bonds is 4. The molecule has 134 valence electrons. The molecule has 5 nitrogen and oxygen atoms in total. The van der Waals surface area contributed by atoms with E-state index in [0.717, 1.165) is 22.6 Å². The van der Waals surface area contributed by atoms with Crippen LogP contribution in [0.1, 0.15) is 23.3 Å². The van der Waals surface area contributed by atoms with E-state index in [1.54, 1.807) is 6.26 Å². The highest BCUT2D eigenvalue weighted by atomic mass is 32.2. The van der Waals surface area contributed by atoms with Gasteiger partial charge in [0.25, 0.3) is 0 Å². The molecule has 1 aliphatic heterocycles. The minimum Gasteiger partial charge on any atom is -0.467 e. The molecule has 0 unspecified atom stereocenters. The maximum Gasteiger partial charge on any atom is 0.174 e. The van der Waals surface area contributed by atoms with Crippen LogP contribution in [0.15, 0.2) is 41.0 Å². The molecule has 0 amide bonds. The first-order valence-corrected chi connectivity index (χ1v) is 10.4. The Bertz CT molecular complexity index is 860.